The lowest BCUT2D eigenvalue weighted by Crippen LogP contribution is -2.11. The summed E-state index contributed by atoms with van der Waals surface area (Å²) in [7, 11) is 0. The van der Waals surface area contributed by atoms with Crippen molar-refractivity contribution in [1.82, 2.24) is 4.57 Å². The van der Waals surface area contributed by atoms with Crippen molar-refractivity contribution in [2.45, 2.75) is 31.9 Å². The lowest BCUT2D eigenvalue weighted by Gasteiger charge is -2.28. The molecule has 1 unspecified atom stereocenters. The van der Waals surface area contributed by atoms with Crippen molar-refractivity contribution >= 4 is 134 Å². The Morgan fingerprint density at radius 2 is 0.723 bits per heavy atom. The van der Waals surface area contributed by atoms with E-state index in [9.17, 15) is 13.2 Å². The highest BCUT2D eigenvalue weighted by atomic mass is 19.4. The SMILES string of the molecule is C=Cc1ccc(N(c2ccc3c4ccc(N(c5ccc(C=C)cc5)c5cccc6ccccc56)cc4c4cc(C(C)(F)F)ccc4c3c2)c2cccc3ccccc23)cc1.C=Cc1cccc(-c2ccc3c(c2)-c2cc(-c4ccc5c(c4)c4cc(-c6cccc(C=C)c6)ccc4n5-c4cccc(C)c4)ccc2C3c2cccc(C(F)(F)F)c2)c1. The summed E-state index contributed by atoms with van der Waals surface area (Å²) in [6, 6.07) is 122. The third kappa shape index (κ3) is 13.7. The summed E-state index contributed by atoms with van der Waals surface area (Å²) in [5, 5.41) is 12.3. The first-order chi connectivity index (χ1) is 57.9. The Balaban J connectivity index is 0.000000158. The number of fused-ring (bicyclic) bond motifs is 14. The molecule has 0 amide bonds. The van der Waals surface area contributed by atoms with Gasteiger partial charge in [0.25, 0.3) is 5.92 Å². The maximum absolute atomic E-state index is 15.3. The molecule has 8 heteroatoms. The first-order valence-corrected chi connectivity index (χ1v) is 39.8. The monoisotopic (exact) mass is 1550 g/mol. The number of alkyl halides is 5. The molecule has 1 aromatic heterocycles. The van der Waals surface area contributed by atoms with Crippen molar-refractivity contribution in [2.24, 2.45) is 0 Å². The minimum absolute atomic E-state index is 0.0252. The fourth-order valence-corrected chi connectivity index (χ4v) is 17.7. The molecule has 0 aliphatic heterocycles. The summed E-state index contributed by atoms with van der Waals surface area (Å²) in [5.41, 5.74) is 24.9. The molecule has 1 aliphatic rings. The van der Waals surface area contributed by atoms with Gasteiger partial charge in [-0.2, -0.15) is 13.2 Å². The van der Waals surface area contributed by atoms with Gasteiger partial charge in [0.15, 0.2) is 0 Å². The number of anilines is 6. The van der Waals surface area contributed by atoms with E-state index >= 15 is 8.78 Å². The molecule has 119 heavy (non-hydrogen) atoms. The topological polar surface area (TPSA) is 11.4 Å². The van der Waals surface area contributed by atoms with Crippen LogP contribution >= 0.6 is 0 Å². The molecule has 0 fully saturated rings. The van der Waals surface area contributed by atoms with Crippen molar-refractivity contribution in [3.63, 3.8) is 0 Å². The van der Waals surface area contributed by atoms with Crippen LogP contribution in [0.2, 0.25) is 0 Å². The van der Waals surface area contributed by atoms with Crippen molar-refractivity contribution < 1.29 is 22.0 Å². The van der Waals surface area contributed by atoms with E-state index in [1.807, 2.05) is 48.6 Å². The van der Waals surface area contributed by atoms with Gasteiger partial charge in [-0.3, -0.25) is 0 Å². The number of nitrogens with zero attached hydrogens (tertiary/aromatic N) is 3. The average molecular weight is 1550 g/mol. The van der Waals surface area contributed by atoms with Crippen LogP contribution in [0.1, 0.15) is 68.5 Å². The van der Waals surface area contributed by atoms with Gasteiger partial charge in [0.05, 0.1) is 28.0 Å². The number of rotatable bonds is 16. The average Bonchev–Trinajstić information content (AvgIpc) is 1.71. The molecule has 3 nitrogen and oxygen atoms in total. The number of hydrogen-bond acceptors (Lipinski definition) is 2. The molecule has 1 atom stereocenters. The quantitative estimate of drug-likeness (QED) is 0.0706. The summed E-state index contributed by atoms with van der Waals surface area (Å²) in [5.74, 6) is -3.38. The van der Waals surface area contributed by atoms with Crippen molar-refractivity contribution in [3.05, 3.63) is 440 Å². The van der Waals surface area contributed by atoms with E-state index in [2.05, 4.69) is 351 Å². The molecule has 1 aliphatic carbocycles. The Bertz CT molecular complexity index is 7310. The van der Waals surface area contributed by atoms with E-state index in [0.717, 1.165) is 206 Å². The van der Waals surface area contributed by atoms with Gasteiger partial charge in [-0.05, 0) is 272 Å². The molecule has 0 bridgehead atoms. The van der Waals surface area contributed by atoms with Crippen LogP contribution in [0.5, 0.6) is 0 Å². The largest absolute Gasteiger partial charge is 0.416 e. The minimum atomic E-state index is -4.44. The Morgan fingerprint density at radius 3 is 1.22 bits per heavy atom. The highest BCUT2D eigenvalue weighted by Gasteiger charge is 2.36. The Morgan fingerprint density at radius 1 is 0.303 bits per heavy atom. The van der Waals surface area contributed by atoms with Crippen molar-refractivity contribution in [1.29, 1.82) is 0 Å². The zero-order valence-corrected chi connectivity index (χ0v) is 65.5. The Kier molecular flexibility index (Phi) is 18.8. The smallest absolute Gasteiger partial charge is 0.310 e. The van der Waals surface area contributed by atoms with E-state index in [0.29, 0.717) is 5.56 Å². The number of aromatic nitrogens is 1. The highest BCUT2D eigenvalue weighted by molar-refractivity contribution is 6.27. The van der Waals surface area contributed by atoms with E-state index in [-0.39, 0.29) is 11.5 Å². The van der Waals surface area contributed by atoms with Crippen LogP contribution in [-0.4, -0.2) is 4.57 Å². The molecule has 18 aromatic carbocycles. The number of benzene rings is 18. The number of halogens is 5. The second kappa shape index (κ2) is 30.2. The lowest BCUT2D eigenvalue weighted by atomic mass is 9.87. The summed E-state index contributed by atoms with van der Waals surface area (Å²) in [6.45, 7) is 19.0. The van der Waals surface area contributed by atoms with Gasteiger partial charge in [-0.15, -0.1) is 0 Å². The molecule has 0 saturated carbocycles. The normalized spacial score (nSPS) is 12.5. The Labute approximate surface area is 688 Å². The molecule has 19 aromatic rings. The van der Waals surface area contributed by atoms with Crippen LogP contribution in [0.25, 0.3) is 150 Å². The van der Waals surface area contributed by atoms with Crippen LogP contribution in [0, 0.1) is 6.92 Å². The van der Waals surface area contributed by atoms with Crippen LogP contribution in [0.3, 0.4) is 0 Å². The molecule has 0 spiro atoms. The zero-order chi connectivity index (χ0) is 81.4. The third-order valence-electron chi connectivity index (χ3n) is 23.5. The van der Waals surface area contributed by atoms with Gasteiger partial charge < -0.3 is 14.4 Å². The van der Waals surface area contributed by atoms with E-state index in [1.165, 1.54) is 17.7 Å². The summed E-state index contributed by atoms with van der Waals surface area (Å²) in [6.07, 6.45) is 2.94. The summed E-state index contributed by atoms with van der Waals surface area (Å²) in [4.78, 5) is 4.54. The first-order valence-electron chi connectivity index (χ1n) is 39.8. The van der Waals surface area contributed by atoms with E-state index in [1.54, 1.807) is 12.1 Å². The maximum atomic E-state index is 15.3. The zero-order valence-electron chi connectivity index (χ0n) is 65.5. The fourth-order valence-electron chi connectivity index (χ4n) is 17.7. The van der Waals surface area contributed by atoms with Crippen LogP contribution in [0.15, 0.2) is 384 Å². The standard InChI is InChI=1S/C56H40F2N2.C55H38F3N/c1-4-37-20-25-42(26-21-37)59(54-18-10-14-39-12-6-8-16-46(39)54)44-29-32-48-49-33-30-45(36-53(49)51-34-41(56(3,57)58)24-31-50(51)52(48)35-44)60(43-27-22-38(5-2)23-28-43)55-19-11-15-40-13-7-9-17-47(40)55;1-4-35-11-7-13-37(27-35)39-18-22-46-48(30-39)49-31-40(19-23-47(49)54(46)43-15-9-16-44(29-43)55(56,57)58)42-21-25-53-51(33-42)50-32-41(38-14-8-12-36(5-2)28-38)20-24-52(50)59(53)45-17-6-10-34(3)26-45/h4-36H,1-2H2,3H3;4-33,54H,1-2H2,3H3. The summed E-state index contributed by atoms with van der Waals surface area (Å²) < 4.78 is 75.0. The third-order valence-corrected chi connectivity index (χ3v) is 23.5. The second-order valence-electron chi connectivity index (χ2n) is 30.8. The van der Waals surface area contributed by atoms with Gasteiger partial charge >= 0.3 is 6.18 Å². The number of aryl methyl sites for hydroxylation is 1. The second-order valence-corrected chi connectivity index (χ2v) is 30.8. The molecule has 20 rings (SSSR count). The van der Waals surface area contributed by atoms with Gasteiger partial charge in [-0.1, -0.05) is 275 Å². The molecule has 0 radical (unpaired) electrons. The maximum Gasteiger partial charge on any atom is 0.416 e. The molecular formula is C111H78F5N3. The molecular weight excluding hydrogens is 1470 g/mol. The van der Waals surface area contributed by atoms with Gasteiger partial charge in [0.2, 0.25) is 0 Å². The highest BCUT2D eigenvalue weighted by Crippen LogP contribution is 2.53. The molecule has 1 heterocycles. The first kappa shape index (κ1) is 74.4. The fraction of sp³-hybridized carbons (Fsp3) is 0.0450. The number of hydrogen-bond donors (Lipinski definition) is 0. The predicted octanol–water partition coefficient (Wildman–Crippen LogP) is 32.3. The van der Waals surface area contributed by atoms with Crippen molar-refractivity contribution in [2.75, 3.05) is 9.80 Å². The van der Waals surface area contributed by atoms with Crippen molar-refractivity contribution in [3.8, 4) is 50.2 Å². The lowest BCUT2D eigenvalue weighted by molar-refractivity contribution is -0.137. The van der Waals surface area contributed by atoms with Gasteiger partial charge in [0.1, 0.15) is 0 Å². The van der Waals surface area contributed by atoms with Crippen LogP contribution in [-0.2, 0) is 12.1 Å². The molecule has 572 valence electrons. The molecule has 0 N–H and O–H groups in total. The van der Waals surface area contributed by atoms with Gasteiger partial charge in [-0.25, -0.2) is 8.78 Å². The Hall–Kier alpha value is -14.7. The predicted molar refractivity (Wildman–Crippen MR) is 493 cm³/mol. The summed E-state index contributed by atoms with van der Waals surface area (Å²) >= 11 is 0. The molecule has 0 saturated heterocycles. The van der Waals surface area contributed by atoms with Crippen LogP contribution < -0.4 is 9.80 Å². The minimum Gasteiger partial charge on any atom is -0.310 e. The van der Waals surface area contributed by atoms with Gasteiger partial charge in [0, 0.05) is 68.4 Å². The van der Waals surface area contributed by atoms with Crippen LogP contribution in [0.4, 0.5) is 56.1 Å². The van der Waals surface area contributed by atoms with E-state index in [4.69, 9.17) is 0 Å². The van der Waals surface area contributed by atoms with E-state index < -0.39 is 17.7 Å².